The second-order valence-electron chi connectivity index (χ2n) is 7.05. The van der Waals surface area contributed by atoms with E-state index in [4.69, 9.17) is 32.7 Å². The number of benzene rings is 3. The SMILES string of the molecule is COc1cccc(/C=c2/sc3nc4ccccc4n3c2=O)c1OCc1ccc(Cl)c(Cl)c1. The number of hydrogen-bond donors (Lipinski definition) is 0. The standard InChI is InChI=1S/C24H16Cl2N2O3S/c1-30-20-8-4-5-15(22(20)31-13-14-9-10-16(25)17(26)11-14)12-21-23(29)28-19-7-3-2-6-18(19)27-24(28)32-21/h2-12H,13H2,1H3/b21-12+. The lowest BCUT2D eigenvalue weighted by atomic mass is 10.1. The van der Waals surface area contributed by atoms with Crippen molar-refractivity contribution < 1.29 is 9.47 Å². The molecule has 5 nitrogen and oxygen atoms in total. The van der Waals surface area contributed by atoms with E-state index in [-0.39, 0.29) is 12.2 Å². The number of imidazole rings is 1. The van der Waals surface area contributed by atoms with Gasteiger partial charge in [-0.3, -0.25) is 4.79 Å². The van der Waals surface area contributed by atoms with Crippen LogP contribution >= 0.6 is 34.5 Å². The number of para-hydroxylation sites is 3. The van der Waals surface area contributed by atoms with Crippen LogP contribution in [-0.4, -0.2) is 16.5 Å². The first-order valence-corrected chi connectivity index (χ1v) is 11.3. The number of ether oxygens (including phenoxy) is 2. The molecule has 0 N–H and O–H groups in total. The van der Waals surface area contributed by atoms with E-state index in [2.05, 4.69) is 4.98 Å². The summed E-state index contributed by atoms with van der Waals surface area (Å²) in [7, 11) is 1.58. The van der Waals surface area contributed by atoms with Crippen LogP contribution in [0.2, 0.25) is 10.0 Å². The normalized spacial score (nSPS) is 12.0. The number of thiazole rings is 1. The van der Waals surface area contributed by atoms with E-state index in [9.17, 15) is 4.79 Å². The lowest BCUT2D eigenvalue weighted by Crippen LogP contribution is -2.22. The Morgan fingerprint density at radius 1 is 1.06 bits per heavy atom. The smallest absolute Gasteiger partial charge is 0.274 e. The first-order valence-electron chi connectivity index (χ1n) is 9.70. The summed E-state index contributed by atoms with van der Waals surface area (Å²) in [5.74, 6) is 1.11. The van der Waals surface area contributed by atoms with E-state index >= 15 is 0 Å². The molecule has 2 heterocycles. The van der Waals surface area contributed by atoms with Gasteiger partial charge in [-0.2, -0.15) is 0 Å². The van der Waals surface area contributed by atoms with Crippen LogP contribution in [0.3, 0.4) is 0 Å². The third-order valence-corrected chi connectivity index (χ3v) is 6.74. The molecular weight excluding hydrogens is 467 g/mol. The molecule has 160 valence electrons. The molecule has 0 aliphatic rings. The highest BCUT2D eigenvalue weighted by Crippen LogP contribution is 2.33. The van der Waals surface area contributed by atoms with Crippen molar-refractivity contribution >= 4 is 56.6 Å². The number of methoxy groups -OCH3 is 1. The Balaban J connectivity index is 1.58. The van der Waals surface area contributed by atoms with Gasteiger partial charge in [0.2, 0.25) is 0 Å². The van der Waals surface area contributed by atoms with Gasteiger partial charge in [0.05, 0.1) is 32.7 Å². The lowest BCUT2D eigenvalue weighted by molar-refractivity contribution is 0.284. The monoisotopic (exact) mass is 482 g/mol. The van der Waals surface area contributed by atoms with Gasteiger partial charge in [-0.1, -0.05) is 64.9 Å². The van der Waals surface area contributed by atoms with Crippen LogP contribution in [0.5, 0.6) is 11.5 Å². The van der Waals surface area contributed by atoms with Crippen LogP contribution in [0.15, 0.2) is 65.5 Å². The number of aromatic nitrogens is 2. The second kappa shape index (κ2) is 8.47. The predicted octanol–water partition coefficient (Wildman–Crippen LogP) is 5.35. The number of rotatable bonds is 5. The molecule has 5 rings (SSSR count). The highest BCUT2D eigenvalue weighted by Gasteiger charge is 2.14. The van der Waals surface area contributed by atoms with E-state index in [1.807, 2.05) is 54.6 Å². The highest BCUT2D eigenvalue weighted by molar-refractivity contribution is 7.15. The number of nitrogens with zero attached hydrogens (tertiary/aromatic N) is 2. The summed E-state index contributed by atoms with van der Waals surface area (Å²) < 4.78 is 13.8. The van der Waals surface area contributed by atoms with Gasteiger partial charge in [-0.15, -0.1) is 0 Å². The third kappa shape index (κ3) is 3.71. The minimum Gasteiger partial charge on any atom is -0.493 e. The molecule has 0 radical (unpaired) electrons. The van der Waals surface area contributed by atoms with Crippen LogP contribution < -0.4 is 19.6 Å². The second-order valence-corrected chi connectivity index (χ2v) is 8.87. The van der Waals surface area contributed by atoms with Crippen molar-refractivity contribution in [3.05, 3.63) is 96.7 Å². The molecule has 0 atom stereocenters. The van der Waals surface area contributed by atoms with Gasteiger partial charge in [0.25, 0.3) is 5.56 Å². The average Bonchev–Trinajstić information content (AvgIpc) is 3.31. The van der Waals surface area contributed by atoms with E-state index in [0.29, 0.717) is 31.0 Å². The molecule has 0 fully saturated rings. The number of halogens is 2. The summed E-state index contributed by atoms with van der Waals surface area (Å²) in [6.45, 7) is 0.265. The average molecular weight is 483 g/mol. The first-order chi connectivity index (χ1) is 15.5. The fraction of sp³-hybridized carbons (Fsp3) is 0.0833. The molecule has 3 aromatic carbocycles. The summed E-state index contributed by atoms with van der Waals surface area (Å²) >= 11 is 13.5. The maximum atomic E-state index is 13.1. The van der Waals surface area contributed by atoms with Gasteiger partial charge in [0.15, 0.2) is 16.5 Å². The van der Waals surface area contributed by atoms with Gasteiger partial charge in [-0.25, -0.2) is 9.38 Å². The molecule has 8 heteroatoms. The number of fused-ring (bicyclic) bond motifs is 3. The molecule has 0 aliphatic heterocycles. The van der Waals surface area contributed by atoms with Crippen molar-refractivity contribution in [2.75, 3.05) is 7.11 Å². The Morgan fingerprint density at radius 3 is 2.72 bits per heavy atom. The molecule has 0 saturated heterocycles. The summed E-state index contributed by atoms with van der Waals surface area (Å²) in [5.41, 5.74) is 3.08. The van der Waals surface area contributed by atoms with Crippen LogP contribution in [0, 0.1) is 0 Å². The maximum absolute atomic E-state index is 13.1. The molecule has 0 aliphatic carbocycles. The van der Waals surface area contributed by atoms with E-state index in [0.717, 1.165) is 22.2 Å². The zero-order chi connectivity index (χ0) is 22.2. The van der Waals surface area contributed by atoms with Gasteiger partial charge < -0.3 is 9.47 Å². The first kappa shape index (κ1) is 20.8. The van der Waals surface area contributed by atoms with Crippen molar-refractivity contribution in [2.45, 2.75) is 6.61 Å². The lowest BCUT2D eigenvalue weighted by Gasteiger charge is -2.13. The molecule has 0 saturated carbocycles. The molecule has 5 aromatic rings. The predicted molar refractivity (Wildman–Crippen MR) is 129 cm³/mol. The van der Waals surface area contributed by atoms with Crippen molar-refractivity contribution in [3.63, 3.8) is 0 Å². The minimum absolute atomic E-state index is 0.114. The van der Waals surface area contributed by atoms with Gasteiger partial charge >= 0.3 is 0 Å². The van der Waals surface area contributed by atoms with Crippen molar-refractivity contribution in [1.82, 2.24) is 9.38 Å². The van der Waals surface area contributed by atoms with E-state index in [1.54, 1.807) is 23.6 Å². The fourth-order valence-corrected chi connectivity index (χ4v) is 4.80. The molecule has 0 spiro atoms. The Kier molecular flexibility index (Phi) is 5.51. The molecule has 2 aromatic heterocycles. The quantitative estimate of drug-likeness (QED) is 0.338. The summed E-state index contributed by atoms with van der Waals surface area (Å²) in [6, 6.07) is 18.5. The highest BCUT2D eigenvalue weighted by atomic mass is 35.5. The number of hydrogen-bond acceptors (Lipinski definition) is 5. The summed E-state index contributed by atoms with van der Waals surface area (Å²) in [5, 5.41) is 0.949. The van der Waals surface area contributed by atoms with Gasteiger partial charge in [0.1, 0.15) is 6.61 Å². The molecule has 0 amide bonds. The molecule has 32 heavy (non-hydrogen) atoms. The molecular formula is C24H16Cl2N2O3S. The topological polar surface area (TPSA) is 52.8 Å². The zero-order valence-electron chi connectivity index (χ0n) is 16.8. The van der Waals surface area contributed by atoms with Crippen molar-refractivity contribution in [2.24, 2.45) is 0 Å². The van der Waals surface area contributed by atoms with Crippen molar-refractivity contribution in [1.29, 1.82) is 0 Å². The van der Waals surface area contributed by atoms with Crippen molar-refractivity contribution in [3.8, 4) is 11.5 Å². The third-order valence-electron chi connectivity index (χ3n) is 5.03. The summed E-state index contributed by atoms with van der Waals surface area (Å²) in [4.78, 5) is 18.3. The minimum atomic E-state index is -0.114. The van der Waals surface area contributed by atoms with E-state index < -0.39 is 0 Å². The van der Waals surface area contributed by atoms with Crippen LogP contribution in [-0.2, 0) is 6.61 Å². The Labute approximate surface area is 197 Å². The molecule has 0 unspecified atom stereocenters. The molecule has 0 bridgehead atoms. The largest absolute Gasteiger partial charge is 0.493 e. The van der Waals surface area contributed by atoms with E-state index in [1.165, 1.54) is 11.3 Å². The van der Waals surface area contributed by atoms with Crippen LogP contribution in [0.1, 0.15) is 11.1 Å². The Morgan fingerprint density at radius 2 is 1.91 bits per heavy atom. The Bertz CT molecular complexity index is 1580. The van der Waals surface area contributed by atoms with Gasteiger partial charge in [0, 0.05) is 5.56 Å². The zero-order valence-corrected chi connectivity index (χ0v) is 19.2. The van der Waals surface area contributed by atoms with Crippen LogP contribution in [0.25, 0.3) is 22.1 Å². The Hall–Kier alpha value is -3.06. The summed E-state index contributed by atoms with van der Waals surface area (Å²) in [6.07, 6.45) is 1.81. The van der Waals surface area contributed by atoms with Crippen LogP contribution in [0.4, 0.5) is 0 Å². The fourth-order valence-electron chi connectivity index (χ4n) is 3.50. The van der Waals surface area contributed by atoms with Gasteiger partial charge in [-0.05, 0) is 42.0 Å². The maximum Gasteiger partial charge on any atom is 0.274 e.